The lowest BCUT2D eigenvalue weighted by atomic mass is 10.1. The van der Waals surface area contributed by atoms with Crippen LogP contribution in [-0.2, 0) is 16.3 Å². The predicted molar refractivity (Wildman–Crippen MR) is 98.0 cm³/mol. The summed E-state index contributed by atoms with van der Waals surface area (Å²) in [6.07, 6.45) is 2.31. The van der Waals surface area contributed by atoms with E-state index in [2.05, 4.69) is 0 Å². The number of ether oxygens (including phenoxy) is 1. The van der Waals surface area contributed by atoms with E-state index in [9.17, 15) is 12.8 Å². The molecule has 0 aliphatic carbocycles. The number of aliphatic hydroxyl groups is 1. The van der Waals surface area contributed by atoms with E-state index in [1.165, 1.54) is 12.1 Å². The fourth-order valence-corrected chi connectivity index (χ4v) is 3.75. The molecule has 0 radical (unpaired) electrons. The third-order valence-corrected chi connectivity index (χ3v) is 5.54. The Balaban J connectivity index is 1.68. The first kappa shape index (κ1) is 18.7. The van der Waals surface area contributed by atoms with Crippen LogP contribution in [0.4, 0.5) is 10.1 Å². The molecule has 3 rings (SSSR count). The molecule has 1 N–H and O–H groups in total. The number of benzene rings is 2. The highest BCUT2D eigenvalue weighted by molar-refractivity contribution is 7.90. The van der Waals surface area contributed by atoms with Gasteiger partial charge in [-0.25, -0.2) is 12.8 Å². The second-order valence-electron chi connectivity index (χ2n) is 6.48. The first-order valence-corrected chi connectivity index (χ1v) is 10.4. The minimum absolute atomic E-state index is 0.0218. The Morgan fingerprint density at radius 3 is 2.77 bits per heavy atom. The summed E-state index contributed by atoms with van der Waals surface area (Å²) in [5.74, 6) is 0.189. The van der Waals surface area contributed by atoms with Gasteiger partial charge >= 0.3 is 0 Å². The summed E-state index contributed by atoms with van der Waals surface area (Å²) in [5, 5.41) is 9.03. The highest BCUT2D eigenvalue weighted by Gasteiger charge is 2.26. The Hall–Kier alpha value is -2.12. The van der Waals surface area contributed by atoms with Crippen molar-refractivity contribution in [2.75, 3.05) is 30.9 Å². The summed E-state index contributed by atoms with van der Waals surface area (Å²) in [7, 11) is -3.43. The molecule has 5 nitrogen and oxygen atoms in total. The third kappa shape index (κ3) is 4.34. The topological polar surface area (TPSA) is 66.8 Å². The predicted octanol–water partition coefficient (Wildman–Crippen LogP) is 2.42. The van der Waals surface area contributed by atoms with Crippen molar-refractivity contribution in [2.24, 2.45) is 0 Å². The highest BCUT2D eigenvalue weighted by Crippen LogP contribution is 2.28. The fraction of sp³-hybridized carbons (Fsp3) is 0.368. The van der Waals surface area contributed by atoms with Gasteiger partial charge in [-0.2, -0.15) is 0 Å². The van der Waals surface area contributed by atoms with E-state index in [0.29, 0.717) is 25.2 Å². The first-order valence-electron chi connectivity index (χ1n) is 8.48. The first-order chi connectivity index (χ1) is 12.4. The van der Waals surface area contributed by atoms with Gasteiger partial charge in [-0.05, 0) is 42.3 Å². The number of nitrogens with zero attached hydrogens (tertiary/aromatic N) is 1. The normalized spacial score (nSPS) is 17.5. The zero-order chi connectivity index (χ0) is 18.7. The number of halogens is 1. The number of hydrogen-bond donors (Lipinski definition) is 1. The van der Waals surface area contributed by atoms with Gasteiger partial charge in [0.1, 0.15) is 17.7 Å². The van der Waals surface area contributed by atoms with Gasteiger partial charge in [0.2, 0.25) is 0 Å². The average Bonchev–Trinajstić information content (AvgIpc) is 3.03. The number of hydrogen-bond acceptors (Lipinski definition) is 5. The van der Waals surface area contributed by atoms with Crippen molar-refractivity contribution in [3.05, 3.63) is 53.8 Å². The quantitative estimate of drug-likeness (QED) is 0.835. The van der Waals surface area contributed by atoms with Gasteiger partial charge in [-0.3, -0.25) is 0 Å². The number of anilines is 1. The lowest BCUT2D eigenvalue weighted by Crippen LogP contribution is -2.25. The summed E-state index contributed by atoms with van der Waals surface area (Å²) in [6, 6.07) is 11.6. The molecule has 1 atom stereocenters. The van der Waals surface area contributed by atoms with Crippen molar-refractivity contribution in [1.82, 2.24) is 0 Å². The van der Waals surface area contributed by atoms with Gasteiger partial charge < -0.3 is 14.7 Å². The molecule has 1 aliphatic rings. The van der Waals surface area contributed by atoms with E-state index in [0.717, 1.165) is 30.1 Å². The molecule has 1 unspecified atom stereocenters. The van der Waals surface area contributed by atoms with Crippen molar-refractivity contribution < 1.29 is 22.7 Å². The van der Waals surface area contributed by atoms with E-state index < -0.39 is 15.7 Å². The average molecular weight is 379 g/mol. The molecule has 0 aromatic heterocycles. The van der Waals surface area contributed by atoms with Crippen LogP contribution >= 0.6 is 0 Å². The molecule has 2 aromatic rings. The molecule has 1 fully saturated rings. The van der Waals surface area contributed by atoms with Crippen molar-refractivity contribution in [2.45, 2.75) is 23.8 Å². The van der Waals surface area contributed by atoms with Crippen LogP contribution in [0.2, 0.25) is 0 Å². The van der Waals surface area contributed by atoms with Crippen LogP contribution < -0.4 is 9.64 Å². The van der Waals surface area contributed by atoms with Crippen LogP contribution in [0.3, 0.4) is 0 Å². The van der Waals surface area contributed by atoms with Gasteiger partial charge in [0.15, 0.2) is 9.84 Å². The van der Waals surface area contributed by atoms with Gasteiger partial charge in [0.25, 0.3) is 0 Å². The maximum Gasteiger partial charge on any atom is 0.175 e. The lowest BCUT2D eigenvalue weighted by molar-refractivity contribution is 0.224. The maximum absolute atomic E-state index is 14.4. The van der Waals surface area contributed by atoms with Crippen molar-refractivity contribution in [1.29, 1.82) is 0 Å². The summed E-state index contributed by atoms with van der Waals surface area (Å²) in [4.78, 5) is 1.84. The third-order valence-electron chi connectivity index (χ3n) is 4.43. The Morgan fingerprint density at radius 2 is 2.08 bits per heavy atom. The van der Waals surface area contributed by atoms with Crippen LogP contribution in [0.1, 0.15) is 12.0 Å². The number of sulfone groups is 1. The molecule has 1 heterocycles. The second kappa shape index (κ2) is 7.63. The maximum atomic E-state index is 14.4. The monoisotopic (exact) mass is 379 g/mol. The zero-order valence-corrected chi connectivity index (χ0v) is 15.4. The molecule has 1 aliphatic heterocycles. The van der Waals surface area contributed by atoms with E-state index >= 15 is 0 Å². The van der Waals surface area contributed by atoms with Gasteiger partial charge in [-0.15, -0.1) is 0 Å². The Labute approximate surface area is 152 Å². The molecular weight excluding hydrogens is 357 g/mol. The Morgan fingerprint density at radius 1 is 1.27 bits per heavy atom. The zero-order valence-electron chi connectivity index (χ0n) is 14.6. The van der Waals surface area contributed by atoms with Crippen LogP contribution in [0.15, 0.2) is 47.4 Å². The van der Waals surface area contributed by atoms with Crippen molar-refractivity contribution >= 4 is 15.5 Å². The summed E-state index contributed by atoms with van der Waals surface area (Å²) in [5.41, 5.74) is 1.39. The molecule has 0 amide bonds. The fourth-order valence-electron chi connectivity index (χ4n) is 3.11. The largest absolute Gasteiger partial charge is 0.489 e. The second-order valence-corrected chi connectivity index (χ2v) is 8.50. The molecule has 26 heavy (non-hydrogen) atoms. The van der Waals surface area contributed by atoms with Crippen molar-refractivity contribution in [3.63, 3.8) is 0 Å². The van der Waals surface area contributed by atoms with Crippen LogP contribution in [0.25, 0.3) is 0 Å². The van der Waals surface area contributed by atoms with Gasteiger partial charge in [0, 0.05) is 25.8 Å². The van der Waals surface area contributed by atoms with Crippen LogP contribution in [0, 0.1) is 5.82 Å². The lowest BCUT2D eigenvalue weighted by Gasteiger charge is -2.20. The van der Waals surface area contributed by atoms with Gasteiger partial charge in [-0.1, -0.05) is 12.1 Å². The molecular formula is C19H22FNO4S. The molecule has 0 spiro atoms. The molecule has 0 saturated carbocycles. The molecule has 2 aromatic carbocycles. The number of rotatable bonds is 6. The van der Waals surface area contributed by atoms with E-state index in [-0.39, 0.29) is 17.6 Å². The minimum atomic E-state index is -3.43. The molecule has 7 heteroatoms. The summed E-state index contributed by atoms with van der Waals surface area (Å²) in [6.45, 7) is 1.25. The summed E-state index contributed by atoms with van der Waals surface area (Å²) >= 11 is 0. The smallest absolute Gasteiger partial charge is 0.175 e. The standard InChI is InChI=1S/C19H22FNO4S/c1-26(23,24)17-5-6-19(18(20)12-17)21-9-7-16(13-21)25-15-4-2-3-14(11-15)8-10-22/h2-6,11-12,16,22H,7-10,13H2,1H3. The molecule has 1 saturated heterocycles. The molecule has 0 bridgehead atoms. The SMILES string of the molecule is CS(=O)(=O)c1ccc(N2CCC(Oc3cccc(CCO)c3)C2)c(F)c1. The van der Waals surface area contributed by atoms with Crippen molar-refractivity contribution in [3.8, 4) is 5.75 Å². The van der Waals surface area contributed by atoms with E-state index in [4.69, 9.17) is 9.84 Å². The van der Waals surface area contributed by atoms with E-state index in [1.54, 1.807) is 0 Å². The Bertz CT molecular complexity index is 885. The highest BCUT2D eigenvalue weighted by atomic mass is 32.2. The van der Waals surface area contributed by atoms with Gasteiger partial charge in [0.05, 0.1) is 17.1 Å². The minimum Gasteiger partial charge on any atom is -0.489 e. The summed E-state index contributed by atoms with van der Waals surface area (Å²) < 4.78 is 43.4. The molecule has 140 valence electrons. The number of aliphatic hydroxyl groups excluding tert-OH is 1. The van der Waals surface area contributed by atoms with E-state index in [1.807, 2.05) is 29.2 Å². The Kier molecular flexibility index (Phi) is 5.48. The van der Waals surface area contributed by atoms with Crippen LogP contribution in [0.5, 0.6) is 5.75 Å². The van der Waals surface area contributed by atoms with Crippen LogP contribution in [-0.4, -0.2) is 45.6 Å².